The number of esters is 2. The van der Waals surface area contributed by atoms with E-state index in [0.29, 0.717) is 34.9 Å². The molecule has 0 radical (unpaired) electrons. The lowest BCUT2D eigenvalue weighted by Crippen LogP contribution is -2.24. The Bertz CT molecular complexity index is 1080. The molecule has 0 bridgehead atoms. The summed E-state index contributed by atoms with van der Waals surface area (Å²) in [6.07, 6.45) is 1.63. The second kappa shape index (κ2) is 9.30. The molecule has 31 heavy (non-hydrogen) atoms. The van der Waals surface area contributed by atoms with E-state index in [4.69, 9.17) is 14.2 Å². The van der Waals surface area contributed by atoms with Crippen molar-refractivity contribution in [3.8, 4) is 5.75 Å². The number of allylic oxidation sites excluding steroid dienone is 1. The summed E-state index contributed by atoms with van der Waals surface area (Å²) < 4.78 is 15.3. The Labute approximate surface area is 180 Å². The van der Waals surface area contributed by atoms with E-state index >= 15 is 0 Å². The lowest BCUT2D eigenvalue weighted by Gasteiger charge is -2.18. The minimum atomic E-state index is -0.611. The molecule has 0 aromatic heterocycles. The number of carbonyl (C=O) groups excluding carboxylic acids is 3. The van der Waals surface area contributed by atoms with Crippen LogP contribution in [0.15, 0.2) is 65.4 Å². The molecular formula is C24H23NO6. The van der Waals surface area contributed by atoms with E-state index < -0.39 is 11.9 Å². The lowest BCUT2D eigenvalue weighted by atomic mass is 10.0. The SMILES string of the molecule is CCOc1ccccc1/C=C1\C(=O)N(c2ccc(C(=O)OC)cc2)C(C)=C1C(=O)OC. The number of para-hydroxylation sites is 1. The standard InChI is InChI=1S/C24H23NO6/c1-5-31-20-9-7-6-8-17(20)14-19-21(24(28)30-4)15(2)25(22(19)26)18-12-10-16(11-13-18)23(27)29-3/h6-14H,5H2,1-4H3/b19-14-. The van der Waals surface area contributed by atoms with Gasteiger partial charge in [0.2, 0.25) is 0 Å². The summed E-state index contributed by atoms with van der Waals surface area (Å²) in [5.41, 5.74) is 2.35. The molecule has 0 aliphatic carbocycles. The Kier molecular flexibility index (Phi) is 6.55. The van der Waals surface area contributed by atoms with Crippen molar-refractivity contribution in [1.82, 2.24) is 0 Å². The van der Waals surface area contributed by atoms with Crippen LogP contribution in [0.5, 0.6) is 5.75 Å². The fraction of sp³-hybridized carbons (Fsp3) is 0.208. The summed E-state index contributed by atoms with van der Waals surface area (Å²) in [5, 5.41) is 0. The normalized spacial score (nSPS) is 14.8. The fourth-order valence-electron chi connectivity index (χ4n) is 3.40. The van der Waals surface area contributed by atoms with Crippen molar-refractivity contribution in [2.45, 2.75) is 13.8 Å². The number of nitrogens with zero attached hydrogens (tertiary/aromatic N) is 1. The summed E-state index contributed by atoms with van der Waals surface area (Å²) >= 11 is 0. The molecule has 2 aromatic carbocycles. The van der Waals surface area contributed by atoms with Crippen molar-refractivity contribution in [2.75, 3.05) is 25.7 Å². The molecule has 160 valence electrons. The molecule has 0 atom stereocenters. The Balaban J connectivity index is 2.09. The van der Waals surface area contributed by atoms with Gasteiger partial charge in [-0.25, -0.2) is 9.59 Å². The zero-order valence-corrected chi connectivity index (χ0v) is 17.8. The lowest BCUT2D eigenvalue weighted by molar-refractivity contribution is -0.136. The van der Waals surface area contributed by atoms with Crippen LogP contribution in [-0.2, 0) is 19.1 Å². The molecule has 0 fully saturated rings. The highest BCUT2D eigenvalue weighted by Gasteiger charge is 2.38. The van der Waals surface area contributed by atoms with E-state index in [-0.39, 0.29) is 17.1 Å². The van der Waals surface area contributed by atoms with Gasteiger partial charge in [0.25, 0.3) is 5.91 Å². The van der Waals surface area contributed by atoms with Crippen LogP contribution in [-0.4, -0.2) is 38.7 Å². The summed E-state index contributed by atoms with van der Waals surface area (Å²) in [6.45, 7) is 4.01. The van der Waals surface area contributed by atoms with Crippen LogP contribution in [0, 0.1) is 0 Å². The molecule has 7 nitrogen and oxygen atoms in total. The van der Waals surface area contributed by atoms with Crippen LogP contribution in [0.3, 0.4) is 0 Å². The molecule has 0 saturated carbocycles. The zero-order chi connectivity index (χ0) is 22.5. The van der Waals surface area contributed by atoms with Crippen LogP contribution in [0.25, 0.3) is 6.08 Å². The number of anilines is 1. The van der Waals surface area contributed by atoms with E-state index in [0.717, 1.165) is 0 Å². The molecule has 0 spiro atoms. The molecule has 7 heteroatoms. The number of benzene rings is 2. The summed E-state index contributed by atoms with van der Waals surface area (Å²) in [5.74, 6) is -0.863. The number of amides is 1. The highest BCUT2D eigenvalue weighted by atomic mass is 16.5. The van der Waals surface area contributed by atoms with Gasteiger partial charge in [0.15, 0.2) is 0 Å². The molecule has 0 N–H and O–H groups in total. The van der Waals surface area contributed by atoms with Gasteiger partial charge in [0.05, 0.1) is 37.5 Å². The maximum atomic E-state index is 13.4. The average Bonchev–Trinajstić information content (AvgIpc) is 3.03. The first-order valence-corrected chi connectivity index (χ1v) is 9.68. The molecule has 3 rings (SSSR count). The number of rotatable bonds is 6. The zero-order valence-electron chi connectivity index (χ0n) is 17.8. The Morgan fingerprint density at radius 2 is 1.61 bits per heavy atom. The third kappa shape index (κ3) is 4.21. The van der Waals surface area contributed by atoms with E-state index in [1.807, 2.05) is 25.1 Å². The fourth-order valence-corrected chi connectivity index (χ4v) is 3.40. The van der Waals surface area contributed by atoms with E-state index in [2.05, 4.69) is 0 Å². The Morgan fingerprint density at radius 1 is 0.968 bits per heavy atom. The van der Waals surface area contributed by atoms with Crippen molar-refractivity contribution in [3.63, 3.8) is 0 Å². The predicted octanol–water partition coefficient (Wildman–Crippen LogP) is 3.75. The van der Waals surface area contributed by atoms with Crippen LogP contribution < -0.4 is 9.64 Å². The minimum absolute atomic E-state index is 0.177. The molecule has 1 amide bonds. The van der Waals surface area contributed by atoms with Gasteiger partial charge in [-0.15, -0.1) is 0 Å². The van der Waals surface area contributed by atoms with Gasteiger partial charge < -0.3 is 14.2 Å². The molecule has 1 aliphatic rings. The van der Waals surface area contributed by atoms with Crippen molar-refractivity contribution in [2.24, 2.45) is 0 Å². The van der Waals surface area contributed by atoms with Crippen molar-refractivity contribution in [3.05, 3.63) is 76.5 Å². The van der Waals surface area contributed by atoms with Gasteiger partial charge in [-0.05, 0) is 50.3 Å². The quantitative estimate of drug-likeness (QED) is 0.522. The molecular weight excluding hydrogens is 398 g/mol. The first kappa shape index (κ1) is 21.8. The van der Waals surface area contributed by atoms with Crippen LogP contribution in [0.1, 0.15) is 29.8 Å². The van der Waals surface area contributed by atoms with Crippen molar-refractivity contribution < 1.29 is 28.6 Å². The number of methoxy groups -OCH3 is 2. The first-order chi connectivity index (χ1) is 14.9. The van der Waals surface area contributed by atoms with Crippen LogP contribution in [0.2, 0.25) is 0 Å². The monoisotopic (exact) mass is 421 g/mol. The minimum Gasteiger partial charge on any atom is -0.493 e. The third-order valence-corrected chi connectivity index (χ3v) is 4.85. The largest absolute Gasteiger partial charge is 0.493 e. The van der Waals surface area contributed by atoms with Gasteiger partial charge in [-0.3, -0.25) is 9.69 Å². The number of ether oxygens (including phenoxy) is 3. The van der Waals surface area contributed by atoms with Crippen LogP contribution in [0.4, 0.5) is 5.69 Å². The number of carbonyl (C=O) groups is 3. The molecule has 0 unspecified atom stereocenters. The number of hydrogen-bond donors (Lipinski definition) is 0. The molecule has 1 heterocycles. The second-order valence-electron chi connectivity index (χ2n) is 6.66. The van der Waals surface area contributed by atoms with Gasteiger partial charge in [-0.1, -0.05) is 18.2 Å². The first-order valence-electron chi connectivity index (χ1n) is 9.68. The van der Waals surface area contributed by atoms with Gasteiger partial charge in [0, 0.05) is 16.9 Å². The maximum absolute atomic E-state index is 13.4. The average molecular weight is 421 g/mol. The van der Waals surface area contributed by atoms with E-state index in [9.17, 15) is 14.4 Å². The Morgan fingerprint density at radius 3 is 2.23 bits per heavy atom. The van der Waals surface area contributed by atoms with E-state index in [1.54, 1.807) is 43.3 Å². The molecule has 2 aromatic rings. The predicted molar refractivity (Wildman–Crippen MR) is 116 cm³/mol. The second-order valence-corrected chi connectivity index (χ2v) is 6.66. The number of hydrogen-bond acceptors (Lipinski definition) is 6. The maximum Gasteiger partial charge on any atom is 0.340 e. The van der Waals surface area contributed by atoms with Gasteiger partial charge in [-0.2, -0.15) is 0 Å². The summed E-state index contributed by atoms with van der Waals surface area (Å²) in [4.78, 5) is 39.0. The third-order valence-electron chi connectivity index (χ3n) is 4.85. The van der Waals surface area contributed by atoms with Gasteiger partial charge >= 0.3 is 11.9 Å². The van der Waals surface area contributed by atoms with Crippen LogP contribution >= 0.6 is 0 Å². The van der Waals surface area contributed by atoms with Crippen molar-refractivity contribution in [1.29, 1.82) is 0 Å². The highest BCUT2D eigenvalue weighted by Crippen LogP contribution is 2.36. The van der Waals surface area contributed by atoms with Crippen molar-refractivity contribution >= 4 is 29.6 Å². The van der Waals surface area contributed by atoms with Gasteiger partial charge in [0.1, 0.15) is 5.75 Å². The highest BCUT2D eigenvalue weighted by molar-refractivity contribution is 6.24. The summed E-state index contributed by atoms with van der Waals surface area (Å²) in [6, 6.07) is 13.6. The smallest absolute Gasteiger partial charge is 0.340 e. The molecule has 0 saturated heterocycles. The summed E-state index contributed by atoms with van der Waals surface area (Å²) in [7, 11) is 2.57. The van der Waals surface area contributed by atoms with E-state index in [1.165, 1.54) is 19.1 Å². The molecule has 1 aliphatic heterocycles. The topological polar surface area (TPSA) is 82.1 Å². The Hall–Kier alpha value is -3.87.